The molecule has 2 aromatic carbocycles. The van der Waals surface area contributed by atoms with Crippen LogP contribution in [0.2, 0.25) is 0 Å². The molecule has 1 saturated carbocycles. The van der Waals surface area contributed by atoms with Gasteiger partial charge in [0.1, 0.15) is 5.75 Å². The average molecular weight is 394 g/mol. The lowest BCUT2D eigenvalue weighted by Crippen LogP contribution is -2.40. The largest absolute Gasteiger partial charge is 0.497 e. The first-order valence-corrected chi connectivity index (χ1v) is 10.3. The minimum Gasteiger partial charge on any atom is -0.497 e. The Kier molecular flexibility index (Phi) is 5.53. The summed E-state index contributed by atoms with van der Waals surface area (Å²) in [4.78, 5) is 2.38. The summed E-state index contributed by atoms with van der Waals surface area (Å²) in [7, 11) is 3.79. The number of hydrogen-bond acceptors (Lipinski definition) is 2. The predicted molar refractivity (Wildman–Crippen MR) is 120 cm³/mol. The number of fused-ring (bicyclic) bond motifs is 1. The third-order valence-electron chi connectivity index (χ3n) is 5.67. The van der Waals surface area contributed by atoms with Crippen LogP contribution in [-0.2, 0) is 13.6 Å². The first kappa shape index (κ1) is 18.8. The van der Waals surface area contributed by atoms with Gasteiger partial charge in [-0.25, -0.2) is 0 Å². The number of para-hydroxylation sites is 1. The molecule has 1 aromatic heterocycles. The molecule has 0 unspecified atom stereocenters. The van der Waals surface area contributed by atoms with E-state index in [4.69, 9.17) is 17.0 Å². The van der Waals surface area contributed by atoms with Crippen molar-refractivity contribution in [3.8, 4) is 5.75 Å². The standard InChI is InChI=1S/C23H27N3OS/c1-25-15-17(21-12-5-6-13-22(21)25)16-26(19-9-3-4-10-19)23(28)24-18-8-7-11-20(14-18)27-2/h5-8,11-15,19H,3-4,9-10,16H2,1-2H3,(H,24,28). The number of rotatable bonds is 5. The molecule has 1 heterocycles. The van der Waals surface area contributed by atoms with Gasteiger partial charge in [-0.3, -0.25) is 0 Å². The van der Waals surface area contributed by atoms with E-state index in [1.165, 1.54) is 42.1 Å². The summed E-state index contributed by atoms with van der Waals surface area (Å²) in [5.41, 5.74) is 3.54. The summed E-state index contributed by atoms with van der Waals surface area (Å²) >= 11 is 5.87. The highest BCUT2D eigenvalue weighted by molar-refractivity contribution is 7.80. The number of hydrogen-bond donors (Lipinski definition) is 1. The van der Waals surface area contributed by atoms with Crippen LogP contribution in [0.5, 0.6) is 5.75 Å². The second kappa shape index (κ2) is 8.23. The van der Waals surface area contributed by atoms with Crippen LogP contribution in [-0.4, -0.2) is 27.7 Å². The van der Waals surface area contributed by atoms with Gasteiger partial charge in [0.05, 0.1) is 7.11 Å². The molecule has 0 radical (unpaired) electrons. The second-order valence-electron chi connectivity index (χ2n) is 7.51. The van der Waals surface area contributed by atoms with Crippen LogP contribution < -0.4 is 10.1 Å². The van der Waals surface area contributed by atoms with Crippen molar-refractivity contribution in [2.24, 2.45) is 7.05 Å². The Morgan fingerprint density at radius 1 is 1.18 bits per heavy atom. The summed E-state index contributed by atoms with van der Waals surface area (Å²) < 4.78 is 7.55. The molecule has 0 saturated heterocycles. The van der Waals surface area contributed by atoms with E-state index in [-0.39, 0.29) is 0 Å². The molecular formula is C23H27N3OS. The van der Waals surface area contributed by atoms with Gasteiger partial charge in [0.2, 0.25) is 0 Å². The fourth-order valence-electron chi connectivity index (χ4n) is 4.21. The minimum absolute atomic E-state index is 0.490. The van der Waals surface area contributed by atoms with Crippen molar-refractivity contribution in [3.63, 3.8) is 0 Å². The van der Waals surface area contributed by atoms with Crippen molar-refractivity contribution in [2.45, 2.75) is 38.3 Å². The maximum atomic E-state index is 5.87. The predicted octanol–water partition coefficient (Wildman–Crippen LogP) is 5.33. The van der Waals surface area contributed by atoms with E-state index >= 15 is 0 Å². The molecule has 0 bridgehead atoms. The smallest absolute Gasteiger partial charge is 0.173 e. The monoisotopic (exact) mass is 393 g/mol. The molecule has 1 aliphatic rings. The van der Waals surface area contributed by atoms with E-state index in [9.17, 15) is 0 Å². The number of thiocarbonyl (C=S) groups is 1. The average Bonchev–Trinajstić information content (AvgIpc) is 3.35. The van der Waals surface area contributed by atoms with Crippen molar-refractivity contribution in [1.82, 2.24) is 9.47 Å². The first-order chi connectivity index (χ1) is 13.7. The molecule has 28 heavy (non-hydrogen) atoms. The molecule has 4 nitrogen and oxygen atoms in total. The van der Waals surface area contributed by atoms with Crippen molar-refractivity contribution in [1.29, 1.82) is 0 Å². The lowest BCUT2D eigenvalue weighted by molar-refractivity contribution is 0.313. The molecule has 0 aliphatic heterocycles. The summed E-state index contributed by atoms with van der Waals surface area (Å²) in [6.07, 6.45) is 7.19. The van der Waals surface area contributed by atoms with E-state index in [1.54, 1.807) is 7.11 Å². The molecule has 1 N–H and O–H groups in total. The Balaban J connectivity index is 1.60. The van der Waals surface area contributed by atoms with Gasteiger partial charge < -0.3 is 19.5 Å². The highest BCUT2D eigenvalue weighted by Crippen LogP contribution is 2.29. The van der Waals surface area contributed by atoms with E-state index in [0.717, 1.165) is 23.1 Å². The zero-order chi connectivity index (χ0) is 19.5. The normalized spacial score (nSPS) is 14.4. The lowest BCUT2D eigenvalue weighted by Gasteiger charge is -2.31. The van der Waals surface area contributed by atoms with Crippen LogP contribution in [0, 0.1) is 0 Å². The van der Waals surface area contributed by atoms with E-state index < -0.39 is 0 Å². The third-order valence-corrected chi connectivity index (χ3v) is 6.00. The molecule has 0 amide bonds. The van der Waals surface area contributed by atoms with Gasteiger partial charge in [0, 0.05) is 48.5 Å². The lowest BCUT2D eigenvalue weighted by atomic mass is 10.1. The first-order valence-electron chi connectivity index (χ1n) is 9.90. The fraction of sp³-hybridized carbons (Fsp3) is 0.348. The number of anilines is 1. The van der Waals surface area contributed by atoms with E-state index in [2.05, 4.69) is 52.3 Å². The van der Waals surface area contributed by atoms with Gasteiger partial charge in [-0.2, -0.15) is 0 Å². The Labute approximate surface area is 172 Å². The van der Waals surface area contributed by atoms with Gasteiger partial charge in [-0.1, -0.05) is 37.1 Å². The molecule has 3 aromatic rings. The van der Waals surface area contributed by atoms with Crippen LogP contribution in [0.25, 0.3) is 10.9 Å². The van der Waals surface area contributed by atoms with Crippen molar-refractivity contribution >= 4 is 33.9 Å². The van der Waals surface area contributed by atoms with Crippen LogP contribution in [0.4, 0.5) is 5.69 Å². The molecule has 4 rings (SSSR count). The van der Waals surface area contributed by atoms with Gasteiger partial charge in [0.15, 0.2) is 5.11 Å². The van der Waals surface area contributed by atoms with Crippen molar-refractivity contribution < 1.29 is 4.74 Å². The number of benzene rings is 2. The van der Waals surface area contributed by atoms with Crippen molar-refractivity contribution in [2.75, 3.05) is 12.4 Å². The maximum Gasteiger partial charge on any atom is 0.173 e. The van der Waals surface area contributed by atoms with Crippen LogP contribution >= 0.6 is 12.2 Å². The Hall–Kier alpha value is -2.53. The van der Waals surface area contributed by atoms with Crippen LogP contribution in [0.1, 0.15) is 31.2 Å². The molecule has 146 valence electrons. The zero-order valence-corrected chi connectivity index (χ0v) is 17.3. The maximum absolute atomic E-state index is 5.87. The van der Waals surface area contributed by atoms with E-state index in [1.807, 2.05) is 24.3 Å². The number of methoxy groups -OCH3 is 1. The Morgan fingerprint density at radius 2 is 1.96 bits per heavy atom. The summed E-state index contributed by atoms with van der Waals surface area (Å²) in [6, 6.07) is 17.0. The molecule has 1 fully saturated rings. The quantitative estimate of drug-likeness (QED) is 0.594. The van der Waals surface area contributed by atoms with Gasteiger partial charge in [0.25, 0.3) is 0 Å². The van der Waals surface area contributed by atoms with E-state index in [0.29, 0.717) is 6.04 Å². The highest BCUT2D eigenvalue weighted by atomic mass is 32.1. The SMILES string of the molecule is COc1cccc(NC(=S)N(Cc2cn(C)c3ccccc23)C2CCCC2)c1. The Bertz CT molecular complexity index is 975. The van der Waals surface area contributed by atoms with Crippen molar-refractivity contribution in [3.05, 3.63) is 60.3 Å². The van der Waals surface area contributed by atoms with Gasteiger partial charge >= 0.3 is 0 Å². The summed E-state index contributed by atoms with van der Waals surface area (Å²) in [5, 5.41) is 5.53. The summed E-state index contributed by atoms with van der Waals surface area (Å²) in [5.74, 6) is 0.828. The number of ether oxygens (including phenoxy) is 1. The molecule has 0 spiro atoms. The molecule has 5 heteroatoms. The number of aromatic nitrogens is 1. The second-order valence-corrected chi connectivity index (χ2v) is 7.90. The number of nitrogens with one attached hydrogen (secondary N) is 1. The molecule has 1 aliphatic carbocycles. The molecular weight excluding hydrogens is 366 g/mol. The number of nitrogens with zero attached hydrogens (tertiary/aromatic N) is 2. The van der Waals surface area contributed by atoms with Crippen LogP contribution in [0.3, 0.4) is 0 Å². The third kappa shape index (κ3) is 3.85. The molecule has 0 atom stereocenters. The zero-order valence-electron chi connectivity index (χ0n) is 16.5. The highest BCUT2D eigenvalue weighted by Gasteiger charge is 2.26. The number of aryl methyl sites for hydroxylation is 1. The van der Waals surface area contributed by atoms with Crippen LogP contribution in [0.15, 0.2) is 54.7 Å². The topological polar surface area (TPSA) is 29.4 Å². The minimum atomic E-state index is 0.490. The van der Waals surface area contributed by atoms with Gasteiger partial charge in [-0.05, 0) is 48.8 Å². The fourth-order valence-corrected chi connectivity index (χ4v) is 4.55. The van der Waals surface area contributed by atoms with Gasteiger partial charge in [-0.15, -0.1) is 0 Å². The Morgan fingerprint density at radius 3 is 2.75 bits per heavy atom. The summed E-state index contributed by atoms with van der Waals surface area (Å²) in [6.45, 7) is 0.821.